The summed E-state index contributed by atoms with van der Waals surface area (Å²) in [5, 5.41) is 10.9. The molecule has 0 saturated carbocycles. The van der Waals surface area contributed by atoms with Gasteiger partial charge in [0.1, 0.15) is 0 Å². The van der Waals surface area contributed by atoms with E-state index in [1.165, 1.54) is 0 Å². The van der Waals surface area contributed by atoms with E-state index in [4.69, 9.17) is 5.11 Å². The molecule has 0 rings (SSSR count). The highest BCUT2D eigenvalue weighted by atomic mass is 16.4. The van der Waals surface area contributed by atoms with Crippen LogP contribution in [0.3, 0.4) is 0 Å². The molecule has 0 aliphatic heterocycles. The lowest BCUT2D eigenvalue weighted by Crippen LogP contribution is -2.50. The molecule has 1 amide bonds. The van der Waals surface area contributed by atoms with Gasteiger partial charge < -0.3 is 10.4 Å². The monoisotopic (exact) mass is 201 g/mol. The first-order chi connectivity index (χ1) is 6.16. The molecule has 0 spiro atoms. The van der Waals surface area contributed by atoms with E-state index < -0.39 is 12.1 Å². The average Bonchev–Trinajstić information content (AvgIpc) is 1.96. The normalized spacial score (nSPS) is 13.9. The number of amides is 1. The van der Waals surface area contributed by atoms with E-state index in [0.29, 0.717) is 0 Å². The van der Waals surface area contributed by atoms with Crippen molar-refractivity contribution in [2.75, 3.05) is 0 Å². The predicted molar refractivity (Wildman–Crippen MR) is 54.2 cm³/mol. The molecule has 4 heteroatoms. The smallest absolute Gasteiger partial charge is 0.405 e. The maximum atomic E-state index is 11.7. The topological polar surface area (TPSA) is 66.4 Å². The van der Waals surface area contributed by atoms with Crippen molar-refractivity contribution in [1.82, 2.24) is 5.32 Å². The molecule has 0 aliphatic rings. The van der Waals surface area contributed by atoms with E-state index in [2.05, 4.69) is 5.32 Å². The molecule has 1 atom stereocenters. The van der Waals surface area contributed by atoms with Gasteiger partial charge in [0.15, 0.2) is 5.78 Å². The van der Waals surface area contributed by atoms with Crippen LogP contribution in [0.25, 0.3) is 0 Å². The Morgan fingerprint density at radius 3 is 1.86 bits per heavy atom. The first-order valence-corrected chi connectivity index (χ1v) is 4.69. The van der Waals surface area contributed by atoms with Crippen molar-refractivity contribution in [1.29, 1.82) is 0 Å². The molecule has 0 saturated heterocycles. The number of carbonyl (C=O) groups is 2. The van der Waals surface area contributed by atoms with Crippen LogP contribution in [0.4, 0.5) is 4.79 Å². The van der Waals surface area contributed by atoms with Gasteiger partial charge in [0.05, 0.1) is 6.04 Å². The molecule has 2 N–H and O–H groups in total. The van der Waals surface area contributed by atoms with Gasteiger partial charge in [0, 0.05) is 5.92 Å². The van der Waals surface area contributed by atoms with Crippen LogP contribution in [0.2, 0.25) is 0 Å². The lowest BCUT2D eigenvalue weighted by molar-refractivity contribution is -0.126. The van der Waals surface area contributed by atoms with E-state index in [1.807, 2.05) is 20.8 Å². The standard InChI is InChI=1S/C10H19NO3/c1-6(2)7(12)8(10(3,4)5)11-9(13)14/h6,8,11H,1-5H3,(H,13,14). The van der Waals surface area contributed by atoms with Gasteiger partial charge in [0.25, 0.3) is 0 Å². The fraction of sp³-hybridized carbons (Fsp3) is 0.800. The van der Waals surface area contributed by atoms with Crippen LogP contribution in [0, 0.1) is 11.3 Å². The molecule has 0 aromatic rings. The fourth-order valence-corrected chi connectivity index (χ4v) is 1.17. The van der Waals surface area contributed by atoms with Crippen LogP contribution in [0.15, 0.2) is 0 Å². The average molecular weight is 201 g/mol. The molecule has 1 unspecified atom stereocenters. The van der Waals surface area contributed by atoms with Crippen LogP contribution in [0.1, 0.15) is 34.6 Å². The lowest BCUT2D eigenvalue weighted by atomic mass is 9.81. The summed E-state index contributed by atoms with van der Waals surface area (Å²) in [5.41, 5.74) is -0.389. The zero-order chi connectivity index (χ0) is 11.5. The molecule has 0 heterocycles. The molecule has 82 valence electrons. The van der Waals surface area contributed by atoms with E-state index in [1.54, 1.807) is 13.8 Å². The Labute approximate surface area is 84.7 Å². The Kier molecular flexibility index (Phi) is 4.10. The highest BCUT2D eigenvalue weighted by molar-refractivity contribution is 5.89. The summed E-state index contributed by atoms with van der Waals surface area (Å²) in [4.78, 5) is 22.2. The fourth-order valence-electron chi connectivity index (χ4n) is 1.17. The maximum Gasteiger partial charge on any atom is 0.405 e. The van der Waals surface area contributed by atoms with Crippen LogP contribution in [0.5, 0.6) is 0 Å². The second-order valence-corrected chi connectivity index (χ2v) is 4.81. The van der Waals surface area contributed by atoms with Crippen LogP contribution in [-0.2, 0) is 4.79 Å². The number of rotatable bonds is 3. The Bertz CT molecular complexity index is 228. The molecule has 0 aliphatic carbocycles. The molecule has 0 radical (unpaired) electrons. The van der Waals surface area contributed by atoms with Gasteiger partial charge in [-0.2, -0.15) is 0 Å². The summed E-state index contributed by atoms with van der Waals surface area (Å²) in [6, 6.07) is -0.639. The third-order valence-corrected chi connectivity index (χ3v) is 1.99. The number of carboxylic acid groups (broad SMARTS) is 1. The molecule has 14 heavy (non-hydrogen) atoms. The number of carbonyl (C=O) groups excluding carboxylic acids is 1. The van der Waals surface area contributed by atoms with Gasteiger partial charge in [-0.15, -0.1) is 0 Å². The lowest BCUT2D eigenvalue weighted by Gasteiger charge is -2.30. The maximum absolute atomic E-state index is 11.7. The molecule has 0 bridgehead atoms. The first kappa shape index (κ1) is 12.9. The molecule has 0 aromatic heterocycles. The van der Waals surface area contributed by atoms with Crippen molar-refractivity contribution in [3.63, 3.8) is 0 Å². The van der Waals surface area contributed by atoms with Crippen LogP contribution >= 0.6 is 0 Å². The van der Waals surface area contributed by atoms with E-state index in [9.17, 15) is 9.59 Å². The second-order valence-electron chi connectivity index (χ2n) is 4.81. The second kappa shape index (κ2) is 4.44. The molecule has 0 aromatic carbocycles. The summed E-state index contributed by atoms with van der Waals surface area (Å²) >= 11 is 0. The van der Waals surface area contributed by atoms with E-state index in [-0.39, 0.29) is 17.1 Å². The third kappa shape index (κ3) is 3.77. The number of hydrogen-bond acceptors (Lipinski definition) is 2. The zero-order valence-electron chi connectivity index (χ0n) is 9.42. The highest BCUT2D eigenvalue weighted by Gasteiger charge is 2.33. The van der Waals surface area contributed by atoms with Crippen LogP contribution < -0.4 is 5.32 Å². The van der Waals surface area contributed by atoms with Crippen molar-refractivity contribution in [2.24, 2.45) is 11.3 Å². The summed E-state index contributed by atoms with van der Waals surface area (Å²) in [6.07, 6.45) is -1.15. The van der Waals surface area contributed by atoms with Crippen molar-refractivity contribution in [3.05, 3.63) is 0 Å². The Morgan fingerprint density at radius 2 is 1.64 bits per heavy atom. The van der Waals surface area contributed by atoms with Gasteiger partial charge in [-0.25, -0.2) is 4.79 Å². The largest absolute Gasteiger partial charge is 0.465 e. The third-order valence-electron chi connectivity index (χ3n) is 1.99. The number of hydrogen-bond donors (Lipinski definition) is 2. The minimum Gasteiger partial charge on any atom is -0.465 e. The van der Waals surface area contributed by atoms with Crippen molar-refractivity contribution >= 4 is 11.9 Å². The summed E-state index contributed by atoms with van der Waals surface area (Å²) < 4.78 is 0. The number of ketones is 1. The highest BCUT2D eigenvalue weighted by Crippen LogP contribution is 2.22. The predicted octanol–water partition coefficient (Wildman–Crippen LogP) is 1.89. The summed E-state index contributed by atoms with van der Waals surface area (Å²) in [6.45, 7) is 9.06. The number of Topliss-reactive ketones (excluding diaryl/α,β-unsaturated/α-hetero) is 1. The van der Waals surface area contributed by atoms with Gasteiger partial charge in [0.2, 0.25) is 0 Å². The van der Waals surface area contributed by atoms with Gasteiger partial charge in [-0.1, -0.05) is 34.6 Å². The summed E-state index contributed by atoms with van der Waals surface area (Å²) in [5.74, 6) is -0.231. The molecular formula is C10H19NO3. The Morgan fingerprint density at radius 1 is 1.21 bits per heavy atom. The SMILES string of the molecule is CC(C)C(=O)C(NC(=O)O)C(C)(C)C. The van der Waals surface area contributed by atoms with Crippen molar-refractivity contribution in [2.45, 2.75) is 40.7 Å². The molecular weight excluding hydrogens is 182 g/mol. The first-order valence-electron chi connectivity index (χ1n) is 4.69. The van der Waals surface area contributed by atoms with E-state index >= 15 is 0 Å². The zero-order valence-corrected chi connectivity index (χ0v) is 9.42. The van der Waals surface area contributed by atoms with Gasteiger partial charge >= 0.3 is 6.09 Å². The quantitative estimate of drug-likeness (QED) is 0.732. The van der Waals surface area contributed by atoms with E-state index in [0.717, 1.165) is 0 Å². The summed E-state index contributed by atoms with van der Waals surface area (Å²) in [7, 11) is 0. The molecule has 0 fully saturated rings. The van der Waals surface area contributed by atoms with Crippen LogP contribution in [-0.4, -0.2) is 23.0 Å². The Balaban J connectivity index is 4.73. The van der Waals surface area contributed by atoms with Crippen molar-refractivity contribution in [3.8, 4) is 0 Å². The minimum absolute atomic E-state index is 0.0695. The van der Waals surface area contributed by atoms with Crippen molar-refractivity contribution < 1.29 is 14.7 Å². The molecule has 4 nitrogen and oxygen atoms in total. The number of nitrogens with one attached hydrogen (secondary N) is 1. The van der Waals surface area contributed by atoms with Gasteiger partial charge in [-0.3, -0.25) is 4.79 Å². The minimum atomic E-state index is -1.15. The Hall–Kier alpha value is -1.06. The van der Waals surface area contributed by atoms with Gasteiger partial charge in [-0.05, 0) is 5.41 Å².